The maximum absolute atomic E-state index is 5.52. The summed E-state index contributed by atoms with van der Waals surface area (Å²) in [4.78, 5) is 12.8. The number of anilines is 2. The van der Waals surface area contributed by atoms with Gasteiger partial charge in [-0.2, -0.15) is 15.0 Å². The van der Waals surface area contributed by atoms with Crippen LogP contribution < -0.4 is 15.4 Å². The normalized spacial score (nSPS) is 10.5. The van der Waals surface area contributed by atoms with E-state index in [4.69, 9.17) is 13.6 Å². The number of hydrogen-bond acceptors (Lipinski definition) is 8. The van der Waals surface area contributed by atoms with E-state index in [1.807, 2.05) is 31.2 Å². The van der Waals surface area contributed by atoms with Crippen molar-refractivity contribution >= 4 is 11.9 Å². The summed E-state index contributed by atoms with van der Waals surface area (Å²) in [6.07, 6.45) is 4.11. The predicted octanol–water partition coefficient (Wildman–Crippen LogP) is 3.07. The van der Waals surface area contributed by atoms with E-state index in [0.29, 0.717) is 31.6 Å². The highest BCUT2D eigenvalue weighted by molar-refractivity contribution is 5.36. The lowest BCUT2D eigenvalue weighted by atomic mass is 10.4. The van der Waals surface area contributed by atoms with Gasteiger partial charge in [0.1, 0.15) is 11.5 Å². The van der Waals surface area contributed by atoms with Crippen LogP contribution in [-0.2, 0) is 13.1 Å². The lowest BCUT2D eigenvalue weighted by Gasteiger charge is -2.09. The number of nitrogens with zero attached hydrogens (tertiary/aromatic N) is 3. The van der Waals surface area contributed by atoms with E-state index in [-0.39, 0.29) is 6.01 Å². The van der Waals surface area contributed by atoms with Gasteiger partial charge in [0.2, 0.25) is 11.9 Å². The molecule has 8 nitrogen and oxygen atoms in total. The Morgan fingerprint density at radius 2 is 1.50 bits per heavy atom. The van der Waals surface area contributed by atoms with Crippen molar-refractivity contribution in [2.24, 2.45) is 0 Å². The fourth-order valence-electron chi connectivity index (χ4n) is 1.93. The molecular weight excluding hydrogens is 310 g/mol. The van der Waals surface area contributed by atoms with E-state index in [0.717, 1.165) is 17.9 Å². The van der Waals surface area contributed by atoms with Gasteiger partial charge < -0.3 is 24.2 Å². The molecule has 0 aliphatic heterocycles. The van der Waals surface area contributed by atoms with Crippen LogP contribution in [0.15, 0.2) is 45.6 Å². The van der Waals surface area contributed by atoms with Crippen molar-refractivity contribution in [2.45, 2.75) is 26.4 Å². The Kier molecular flexibility index (Phi) is 5.28. The molecule has 0 bridgehead atoms. The average Bonchev–Trinajstić information content (AvgIpc) is 3.29. The highest BCUT2D eigenvalue weighted by Crippen LogP contribution is 2.14. The van der Waals surface area contributed by atoms with Gasteiger partial charge in [0, 0.05) is 0 Å². The molecule has 3 aromatic rings. The van der Waals surface area contributed by atoms with Gasteiger partial charge >= 0.3 is 6.01 Å². The highest BCUT2D eigenvalue weighted by Gasteiger charge is 2.08. The van der Waals surface area contributed by atoms with Crippen molar-refractivity contribution in [3.05, 3.63) is 48.3 Å². The molecule has 0 aliphatic carbocycles. The van der Waals surface area contributed by atoms with E-state index < -0.39 is 0 Å². The molecule has 0 saturated heterocycles. The van der Waals surface area contributed by atoms with Crippen LogP contribution in [0.25, 0.3) is 0 Å². The van der Waals surface area contributed by atoms with Gasteiger partial charge in [0.05, 0.1) is 32.2 Å². The summed E-state index contributed by atoms with van der Waals surface area (Å²) < 4.78 is 16.1. The summed E-state index contributed by atoms with van der Waals surface area (Å²) in [7, 11) is 0. The van der Waals surface area contributed by atoms with Crippen LogP contribution in [0.1, 0.15) is 24.9 Å². The first-order chi connectivity index (χ1) is 11.8. The first-order valence-electron chi connectivity index (χ1n) is 7.75. The van der Waals surface area contributed by atoms with Gasteiger partial charge in [-0.25, -0.2) is 0 Å². The van der Waals surface area contributed by atoms with Gasteiger partial charge in [-0.1, -0.05) is 6.92 Å². The van der Waals surface area contributed by atoms with Gasteiger partial charge in [-0.15, -0.1) is 0 Å². The van der Waals surface area contributed by atoms with E-state index in [9.17, 15) is 0 Å². The van der Waals surface area contributed by atoms with Crippen molar-refractivity contribution in [2.75, 3.05) is 17.2 Å². The third kappa shape index (κ3) is 4.48. The zero-order valence-electron chi connectivity index (χ0n) is 13.4. The Bertz CT molecular complexity index is 672. The molecule has 0 fully saturated rings. The van der Waals surface area contributed by atoms with E-state index in [1.165, 1.54) is 0 Å². The molecule has 0 aromatic carbocycles. The first-order valence-corrected chi connectivity index (χ1v) is 7.75. The van der Waals surface area contributed by atoms with Gasteiger partial charge in [-0.05, 0) is 30.7 Å². The number of aromatic nitrogens is 3. The molecule has 3 aromatic heterocycles. The summed E-state index contributed by atoms with van der Waals surface area (Å²) in [6.45, 7) is 3.51. The highest BCUT2D eigenvalue weighted by atomic mass is 16.5. The Morgan fingerprint density at radius 3 is 1.96 bits per heavy atom. The van der Waals surface area contributed by atoms with Crippen molar-refractivity contribution in [1.82, 2.24) is 15.0 Å². The van der Waals surface area contributed by atoms with Crippen LogP contribution in [0.5, 0.6) is 6.01 Å². The fourth-order valence-corrected chi connectivity index (χ4v) is 1.93. The van der Waals surface area contributed by atoms with E-state index in [1.54, 1.807) is 12.5 Å². The molecule has 0 amide bonds. The quantitative estimate of drug-likeness (QED) is 0.618. The monoisotopic (exact) mass is 329 g/mol. The van der Waals surface area contributed by atoms with Crippen LogP contribution in [0, 0.1) is 0 Å². The molecule has 126 valence electrons. The smallest absolute Gasteiger partial charge is 0.323 e. The van der Waals surface area contributed by atoms with E-state index >= 15 is 0 Å². The molecule has 0 radical (unpaired) electrons. The first kappa shape index (κ1) is 15.9. The predicted molar refractivity (Wildman–Crippen MR) is 87.7 cm³/mol. The lowest BCUT2D eigenvalue weighted by molar-refractivity contribution is 0.292. The number of hydrogen-bond donors (Lipinski definition) is 2. The Hall–Kier alpha value is -3.03. The van der Waals surface area contributed by atoms with Crippen LogP contribution >= 0.6 is 0 Å². The summed E-state index contributed by atoms with van der Waals surface area (Å²) in [5.41, 5.74) is 0. The van der Waals surface area contributed by atoms with Gasteiger partial charge in [-0.3, -0.25) is 0 Å². The second-order valence-electron chi connectivity index (χ2n) is 4.98. The standard InChI is InChI=1S/C16H19N5O3/c1-2-7-24-16-20-14(17-10-12-5-3-8-22-12)19-15(21-16)18-11-13-6-4-9-23-13/h3-6,8-9H,2,7,10-11H2,1H3,(H2,17,18,19,20,21). The van der Waals surface area contributed by atoms with Crippen molar-refractivity contribution in [1.29, 1.82) is 0 Å². The van der Waals surface area contributed by atoms with Gasteiger partial charge in [0.25, 0.3) is 0 Å². The van der Waals surface area contributed by atoms with Crippen molar-refractivity contribution < 1.29 is 13.6 Å². The maximum atomic E-state index is 5.52. The number of nitrogens with one attached hydrogen (secondary N) is 2. The van der Waals surface area contributed by atoms with Gasteiger partial charge in [0.15, 0.2) is 0 Å². The number of rotatable bonds is 9. The molecule has 0 spiro atoms. The van der Waals surface area contributed by atoms with Crippen LogP contribution in [0.4, 0.5) is 11.9 Å². The summed E-state index contributed by atoms with van der Waals surface area (Å²) in [5.74, 6) is 2.40. The van der Waals surface area contributed by atoms with Crippen LogP contribution in [0.3, 0.4) is 0 Å². The van der Waals surface area contributed by atoms with Crippen molar-refractivity contribution in [3.63, 3.8) is 0 Å². The Balaban J connectivity index is 1.69. The molecule has 2 N–H and O–H groups in total. The molecule has 0 atom stereocenters. The molecular formula is C16H19N5O3. The summed E-state index contributed by atoms with van der Waals surface area (Å²) >= 11 is 0. The maximum Gasteiger partial charge on any atom is 0.323 e. The number of ether oxygens (including phenoxy) is 1. The van der Waals surface area contributed by atoms with Crippen LogP contribution in [-0.4, -0.2) is 21.6 Å². The van der Waals surface area contributed by atoms with E-state index in [2.05, 4.69) is 25.6 Å². The van der Waals surface area contributed by atoms with Crippen molar-refractivity contribution in [3.8, 4) is 6.01 Å². The number of furan rings is 2. The Morgan fingerprint density at radius 1 is 0.917 bits per heavy atom. The van der Waals surface area contributed by atoms with Crippen LogP contribution in [0.2, 0.25) is 0 Å². The fraction of sp³-hybridized carbons (Fsp3) is 0.312. The second-order valence-corrected chi connectivity index (χ2v) is 4.98. The minimum atomic E-state index is 0.274. The lowest BCUT2D eigenvalue weighted by Crippen LogP contribution is -2.11. The molecule has 8 heteroatoms. The molecule has 0 aliphatic rings. The largest absolute Gasteiger partial charge is 0.467 e. The molecule has 3 heterocycles. The average molecular weight is 329 g/mol. The second kappa shape index (κ2) is 8.00. The minimum Gasteiger partial charge on any atom is -0.467 e. The molecule has 24 heavy (non-hydrogen) atoms. The SMILES string of the molecule is CCCOc1nc(NCc2ccco2)nc(NCc2ccco2)n1. The Labute approximate surface area is 139 Å². The topological polar surface area (TPSA) is 98.2 Å². The summed E-state index contributed by atoms with van der Waals surface area (Å²) in [5, 5.41) is 6.20. The zero-order valence-corrected chi connectivity index (χ0v) is 13.4. The molecule has 3 rings (SSSR count). The third-order valence-electron chi connectivity index (χ3n) is 3.05. The zero-order chi connectivity index (χ0) is 16.6. The minimum absolute atomic E-state index is 0.274. The molecule has 0 unspecified atom stereocenters. The molecule has 0 saturated carbocycles. The third-order valence-corrected chi connectivity index (χ3v) is 3.05. The summed E-state index contributed by atoms with van der Waals surface area (Å²) in [6, 6.07) is 7.68.